The first-order valence-corrected chi connectivity index (χ1v) is 10.8. The van der Waals surface area contributed by atoms with Crippen LogP contribution in [0.5, 0.6) is 0 Å². The average molecular weight is 460 g/mol. The van der Waals surface area contributed by atoms with E-state index in [2.05, 4.69) is 20.5 Å². The van der Waals surface area contributed by atoms with Gasteiger partial charge in [0.1, 0.15) is 21.4 Å². The number of aryl methyl sites for hydroxylation is 1. The Morgan fingerprint density at radius 2 is 2.17 bits per heavy atom. The number of hydrogen-bond donors (Lipinski definition) is 2. The molecule has 2 aromatic rings. The maximum absolute atomic E-state index is 12.6. The Hall–Kier alpha value is -1.51. The number of fused-ring (bicyclic) bond motifs is 1. The summed E-state index contributed by atoms with van der Waals surface area (Å²) < 4.78 is 0. The maximum Gasteiger partial charge on any atom is 1.00 e. The predicted molar refractivity (Wildman–Crippen MR) is 102 cm³/mol. The standard InChI is InChI=1S/C15H14N6O4S3.Na/c1-5-19-20-11(28-5)7-4-26-13-9(12(23)21(13)10(7)14(24)25)18-8(22)2-6-3-27-15(16)17-6;/h3,9,13H,2,4H2,1H3,(H2,16,17)(H,18,22)(H,24,25);/q;+1/p-1/t9?,13-;/m0./s1. The minimum absolute atomic E-state index is 0. The first-order valence-electron chi connectivity index (χ1n) is 8.04. The number of carbonyl (C=O) groups is 3. The molecule has 146 valence electrons. The number of rotatable bonds is 5. The largest absolute Gasteiger partial charge is 1.00 e. The van der Waals surface area contributed by atoms with E-state index in [0.29, 0.717) is 32.2 Å². The molecule has 0 saturated carbocycles. The van der Waals surface area contributed by atoms with Gasteiger partial charge in [0.15, 0.2) is 5.13 Å². The number of carboxylic acid groups (broad SMARTS) is 1. The van der Waals surface area contributed by atoms with Gasteiger partial charge in [0.25, 0.3) is 5.91 Å². The summed E-state index contributed by atoms with van der Waals surface area (Å²) in [4.78, 5) is 41.7. The molecule has 2 aliphatic heterocycles. The molecule has 10 nitrogen and oxygen atoms in total. The van der Waals surface area contributed by atoms with Crippen molar-refractivity contribution in [3.8, 4) is 0 Å². The molecule has 29 heavy (non-hydrogen) atoms. The summed E-state index contributed by atoms with van der Waals surface area (Å²) in [6, 6.07) is -0.805. The second-order valence-corrected chi connectivity index (χ2v) is 9.23. The number of hydrogen-bond acceptors (Lipinski definition) is 11. The summed E-state index contributed by atoms with van der Waals surface area (Å²) in [6.07, 6.45) is -0.00659. The molecule has 0 aliphatic carbocycles. The van der Waals surface area contributed by atoms with Crippen molar-refractivity contribution in [2.45, 2.75) is 24.8 Å². The van der Waals surface area contributed by atoms with Crippen LogP contribution in [0.15, 0.2) is 11.1 Å². The van der Waals surface area contributed by atoms with Gasteiger partial charge in [-0.25, -0.2) is 4.98 Å². The summed E-state index contributed by atoms with van der Waals surface area (Å²) >= 11 is 3.83. The zero-order chi connectivity index (χ0) is 20.0. The Bertz CT molecular complexity index is 1020. The van der Waals surface area contributed by atoms with Gasteiger partial charge in [-0.3, -0.25) is 14.5 Å². The SMILES string of the molecule is Cc1nnc(C2=C(C(=O)[O-])N3C(=O)C(NC(=O)Cc4csc(N)n4)[C@@H]3SC2)s1.[Na+]. The van der Waals surface area contributed by atoms with Crippen molar-refractivity contribution in [3.63, 3.8) is 0 Å². The first kappa shape index (κ1) is 22.2. The van der Waals surface area contributed by atoms with Crippen LogP contribution < -0.4 is 45.7 Å². The van der Waals surface area contributed by atoms with Gasteiger partial charge in [-0.05, 0) is 6.92 Å². The van der Waals surface area contributed by atoms with E-state index >= 15 is 0 Å². The number of aliphatic carboxylic acids is 1. The van der Waals surface area contributed by atoms with Crippen molar-refractivity contribution in [1.29, 1.82) is 0 Å². The van der Waals surface area contributed by atoms with E-state index in [4.69, 9.17) is 5.73 Å². The third kappa shape index (κ3) is 4.20. The van der Waals surface area contributed by atoms with Gasteiger partial charge in [0.2, 0.25) is 5.91 Å². The number of nitrogens with zero attached hydrogens (tertiary/aromatic N) is 4. The van der Waals surface area contributed by atoms with Crippen LogP contribution in [0, 0.1) is 6.92 Å². The van der Waals surface area contributed by atoms with Crippen LogP contribution in [0.4, 0.5) is 5.13 Å². The minimum atomic E-state index is -1.45. The first-order chi connectivity index (χ1) is 13.3. The molecule has 2 atom stereocenters. The number of anilines is 1. The van der Waals surface area contributed by atoms with Crippen LogP contribution >= 0.6 is 34.4 Å². The van der Waals surface area contributed by atoms with Gasteiger partial charge >= 0.3 is 29.6 Å². The van der Waals surface area contributed by atoms with Crippen LogP contribution in [0.3, 0.4) is 0 Å². The number of carboxylic acids is 1. The Morgan fingerprint density at radius 3 is 2.76 bits per heavy atom. The van der Waals surface area contributed by atoms with Crippen molar-refractivity contribution < 1.29 is 49.0 Å². The van der Waals surface area contributed by atoms with E-state index in [1.165, 1.54) is 34.4 Å². The fraction of sp³-hybridized carbons (Fsp3) is 0.333. The minimum Gasteiger partial charge on any atom is -0.543 e. The number of thiazole rings is 1. The van der Waals surface area contributed by atoms with E-state index in [0.717, 1.165) is 4.90 Å². The topological polar surface area (TPSA) is 154 Å². The number of β-lactam (4-membered cyclic amide) rings is 1. The molecule has 2 aliphatic rings. The summed E-state index contributed by atoms with van der Waals surface area (Å²) in [7, 11) is 0. The van der Waals surface area contributed by atoms with Crippen molar-refractivity contribution in [3.05, 3.63) is 26.8 Å². The Kier molecular flexibility index (Phi) is 6.65. The average Bonchev–Trinajstić information content (AvgIpc) is 3.26. The molecule has 4 rings (SSSR count). The number of nitrogen functional groups attached to an aromatic ring is 1. The molecule has 0 aromatic carbocycles. The molecule has 3 N–H and O–H groups in total. The maximum atomic E-state index is 12.6. The summed E-state index contributed by atoms with van der Waals surface area (Å²) in [6.45, 7) is 1.76. The molecule has 0 bridgehead atoms. The molecular formula is C15H13N6NaO4S3. The normalized spacial score (nSPS) is 20.6. The van der Waals surface area contributed by atoms with E-state index < -0.39 is 23.3 Å². The van der Waals surface area contributed by atoms with Crippen LogP contribution in [0.1, 0.15) is 15.7 Å². The number of amides is 2. The van der Waals surface area contributed by atoms with Gasteiger partial charge < -0.3 is 21.0 Å². The van der Waals surface area contributed by atoms with Gasteiger partial charge in [0.05, 0.1) is 23.8 Å². The number of aromatic nitrogens is 3. The van der Waals surface area contributed by atoms with E-state index in [1.54, 1.807) is 12.3 Å². The van der Waals surface area contributed by atoms with E-state index in [1.807, 2.05) is 0 Å². The number of carbonyl (C=O) groups excluding carboxylic acids is 3. The smallest absolute Gasteiger partial charge is 0.543 e. The third-order valence-electron chi connectivity index (χ3n) is 4.17. The number of nitrogens with one attached hydrogen (secondary N) is 1. The zero-order valence-electron chi connectivity index (χ0n) is 15.4. The number of nitrogens with two attached hydrogens (primary N) is 1. The van der Waals surface area contributed by atoms with Crippen molar-refractivity contribution >= 4 is 62.9 Å². The number of thioether (sulfide) groups is 1. The molecule has 0 spiro atoms. The molecular weight excluding hydrogens is 447 g/mol. The second kappa shape index (κ2) is 8.70. The quantitative estimate of drug-likeness (QED) is 0.335. The third-order valence-corrected chi connectivity index (χ3v) is 7.07. The Morgan fingerprint density at radius 1 is 1.41 bits per heavy atom. The monoisotopic (exact) mass is 460 g/mol. The van der Waals surface area contributed by atoms with Gasteiger partial charge in [-0.1, -0.05) is 11.3 Å². The van der Waals surface area contributed by atoms with Crippen LogP contribution in [-0.4, -0.2) is 55.0 Å². The van der Waals surface area contributed by atoms with E-state index in [9.17, 15) is 19.5 Å². The molecule has 14 heteroatoms. The van der Waals surface area contributed by atoms with Crippen molar-refractivity contribution in [1.82, 2.24) is 25.4 Å². The molecule has 1 unspecified atom stereocenters. The van der Waals surface area contributed by atoms with Crippen molar-refractivity contribution in [2.24, 2.45) is 0 Å². The van der Waals surface area contributed by atoms with Crippen molar-refractivity contribution in [2.75, 3.05) is 11.5 Å². The Balaban J connectivity index is 0.00000240. The molecule has 4 heterocycles. The molecule has 2 amide bonds. The Labute approximate surface area is 199 Å². The zero-order valence-corrected chi connectivity index (χ0v) is 19.8. The second-order valence-electron chi connectivity index (χ2n) is 6.05. The van der Waals surface area contributed by atoms with Gasteiger partial charge in [-0.15, -0.1) is 33.3 Å². The summed E-state index contributed by atoms with van der Waals surface area (Å²) in [5, 5.41) is 24.9. The van der Waals surface area contributed by atoms with Gasteiger partial charge in [-0.2, -0.15) is 0 Å². The fourth-order valence-electron chi connectivity index (χ4n) is 2.98. The fourth-order valence-corrected chi connectivity index (χ4v) is 5.72. The predicted octanol–water partition coefficient (Wildman–Crippen LogP) is -4.01. The van der Waals surface area contributed by atoms with Crippen LogP contribution in [0.2, 0.25) is 0 Å². The molecule has 1 fully saturated rings. The van der Waals surface area contributed by atoms with Crippen LogP contribution in [-0.2, 0) is 20.8 Å². The van der Waals surface area contributed by atoms with Gasteiger partial charge in [0, 0.05) is 16.7 Å². The van der Waals surface area contributed by atoms with Crippen LogP contribution in [0.25, 0.3) is 5.57 Å². The molecule has 0 radical (unpaired) electrons. The van der Waals surface area contributed by atoms with E-state index in [-0.39, 0.29) is 47.6 Å². The summed E-state index contributed by atoms with van der Waals surface area (Å²) in [5.41, 5.74) is 6.26. The molecule has 2 aromatic heterocycles. The summed E-state index contributed by atoms with van der Waals surface area (Å²) in [5.74, 6) is -2.01. The molecule has 1 saturated heterocycles.